The van der Waals surface area contributed by atoms with Crippen molar-refractivity contribution in [2.75, 3.05) is 21.1 Å². The lowest BCUT2D eigenvalue weighted by molar-refractivity contribution is -0.130. The molecule has 0 saturated carbocycles. The number of sulfonamides is 1. The van der Waals surface area contributed by atoms with Crippen molar-refractivity contribution < 1.29 is 13.2 Å². The Balaban J connectivity index is 1.77. The zero-order valence-corrected chi connectivity index (χ0v) is 18.8. The minimum absolute atomic E-state index is 0.0180. The number of nitrogens with zero attached hydrogens (tertiary/aromatic N) is 6. The maximum Gasteiger partial charge on any atom is 0.242 e. The predicted octanol–water partition coefficient (Wildman–Crippen LogP) is 1.63. The third kappa shape index (κ3) is 4.39. The van der Waals surface area contributed by atoms with Crippen molar-refractivity contribution in [2.24, 2.45) is 7.05 Å². The fourth-order valence-electron chi connectivity index (χ4n) is 3.40. The van der Waals surface area contributed by atoms with Crippen LogP contribution in [-0.2, 0) is 41.4 Å². The zero-order valence-electron chi connectivity index (χ0n) is 18.0. The predicted molar refractivity (Wildman–Crippen MR) is 114 cm³/mol. The van der Waals surface area contributed by atoms with E-state index >= 15 is 0 Å². The summed E-state index contributed by atoms with van der Waals surface area (Å²) in [5.41, 5.74) is 2.45. The van der Waals surface area contributed by atoms with Gasteiger partial charge in [0.1, 0.15) is 5.82 Å². The van der Waals surface area contributed by atoms with Crippen LogP contribution < -0.4 is 0 Å². The average Bonchev–Trinajstić information content (AvgIpc) is 3.27. The molecule has 2 heterocycles. The van der Waals surface area contributed by atoms with Crippen LogP contribution in [-0.4, -0.2) is 64.0 Å². The topological polar surface area (TPSA) is 93.3 Å². The summed E-state index contributed by atoms with van der Waals surface area (Å²) in [6, 6.07) is 4.97. The van der Waals surface area contributed by atoms with E-state index in [2.05, 4.69) is 10.1 Å². The second-order valence-corrected chi connectivity index (χ2v) is 9.63. The van der Waals surface area contributed by atoms with E-state index in [0.29, 0.717) is 31.4 Å². The van der Waals surface area contributed by atoms with Crippen LogP contribution in [0.5, 0.6) is 0 Å². The van der Waals surface area contributed by atoms with E-state index in [9.17, 15) is 13.2 Å². The smallest absolute Gasteiger partial charge is 0.242 e. The Bertz CT molecular complexity index is 1160. The van der Waals surface area contributed by atoms with Gasteiger partial charge in [-0.15, -0.1) is 0 Å². The van der Waals surface area contributed by atoms with Gasteiger partial charge in [-0.25, -0.2) is 17.7 Å². The Labute approximate surface area is 177 Å². The van der Waals surface area contributed by atoms with Crippen LogP contribution in [0, 0.1) is 0 Å². The molecule has 0 aliphatic rings. The summed E-state index contributed by atoms with van der Waals surface area (Å²) in [6.07, 6.45) is 4.44. The van der Waals surface area contributed by atoms with Gasteiger partial charge in [0.2, 0.25) is 15.9 Å². The highest BCUT2D eigenvalue weighted by molar-refractivity contribution is 7.89. The van der Waals surface area contributed by atoms with E-state index in [1.165, 1.54) is 18.4 Å². The van der Waals surface area contributed by atoms with E-state index in [4.69, 9.17) is 0 Å². The first-order valence-electron chi connectivity index (χ1n) is 9.76. The van der Waals surface area contributed by atoms with Crippen molar-refractivity contribution in [1.29, 1.82) is 0 Å². The Morgan fingerprint density at radius 2 is 1.93 bits per heavy atom. The largest absolute Gasteiger partial charge is 0.341 e. The molecule has 9 nitrogen and oxygen atoms in total. The van der Waals surface area contributed by atoms with Crippen LogP contribution in [0.25, 0.3) is 11.0 Å². The first kappa shape index (κ1) is 22.0. The summed E-state index contributed by atoms with van der Waals surface area (Å²) in [5.74, 6) is 0.791. The molecule has 0 bridgehead atoms. The van der Waals surface area contributed by atoms with Crippen molar-refractivity contribution >= 4 is 27.0 Å². The number of aryl methyl sites for hydroxylation is 3. The van der Waals surface area contributed by atoms with Gasteiger partial charge in [-0.3, -0.25) is 9.48 Å². The Morgan fingerprint density at radius 1 is 1.20 bits per heavy atom. The zero-order chi connectivity index (χ0) is 22.1. The molecule has 1 amide bonds. The van der Waals surface area contributed by atoms with Crippen LogP contribution in [0.1, 0.15) is 24.7 Å². The monoisotopic (exact) mass is 432 g/mol. The summed E-state index contributed by atoms with van der Waals surface area (Å²) in [4.78, 5) is 19.1. The molecule has 2 aromatic heterocycles. The highest BCUT2D eigenvalue weighted by Crippen LogP contribution is 2.23. The van der Waals surface area contributed by atoms with Crippen molar-refractivity contribution in [3.05, 3.63) is 42.0 Å². The molecule has 0 radical (unpaired) electrons. The molecule has 3 rings (SSSR count). The summed E-state index contributed by atoms with van der Waals surface area (Å²) >= 11 is 0. The van der Waals surface area contributed by atoms with Gasteiger partial charge < -0.3 is 9.47 Å². The van der Waals surface area contributed by atoms with Gasteiger partial charge in [0.05, 0.1) is 22.1 Å². The van der Waals surface area contributed by atoms with Crippen LogP contribution >= 0.6 is 0 Å². The van der Waals surface area contributed by atoms with Crippen molar-refractivity contribution in [2.45, 2.75) is 37.8 Å². The highest BCUT2D eigenvalue weighted by Gasteiger charge is 2.20. The van der Waals surface area contributed by atoms with Gasteiger partial charge in [-0.05, 0) is 25.1 Å². The summed E-state index contributed by atoms with van der Waals surface area (Å²) in [6.45, 7) is 3.19. The molecule has 0 N–H and O–H groups in total. The third-order valence-electron chi connectivity index (χ3n) is 5.06. The van der Waals surface area contributed by atoms with E-state index < -0.39 is 10.0 Å². The molecule has 162 valence electrons. The van der Waals surface area contributed by atoms with Gasteiger partial charge in [0.15, 0.2) is 0 Å². The van der Waals surface area contributed by atoms with Crippen LogP contribution in [0.4, 0.5) is 0 Å². The van der Waals surface area contributed by atoms with Crippen molar-refractivity contribution in [3.8, 4) is 0 Å². The molecule has 0 saturated heterocycles. The Morgan fingerprint density at radius 3 is 2.53 bits per heavy atom. The van der Waals surface area contributed by atoms with E-state index in [-0.39, 0.29) is 10.8 Å². The van der Waals surface area contributed by atoms with E-state index in [0.717, 1.165) is 16.9 Å². The maximum absolute atomic E-state index is 12.6. The summed E-state index contributed by atoms with van der Waals surface area (Å²) in [5, 5.41) is 4.12. The molecule has 0 fully saturated rings. The third-order valence-corrected chi connectivity index (χ3v) is 6.87. The average molecular weight is 433 g/mol. The van der Waals surface area contributed by atoms with Crippen LogP contribution in [0.15, 0.2) is 35.5 Å². The fourth-order valence-corrected chi connectivity index (χ4v) is 4.32. The van der Waals surface area contributed by atoms with Crippen molar-refractivity contribution in [3.63, 3.8) is 0 Å². The van der Waals surface area contributed by atoms with Crippen LogP contribution in [0.2, 0.25) is 0 Å². The van der Waals surface area contributed by atoms with Gasteiger partial charge in [0, 0.05) is 65.9 Å². The molecular formula is C20H28N6O3S. The maximum atomic E-state index is 12.6. The molecule has 10 heteroatoms. The molecule has 30 heavy (non-hydrogen) atoms. The molecule has 0 spiro atoms. The van der Waals surface area contributed by atoms with Gasteiger partial charge in [-0.1, -0.05) is 0 Å². The Kier molecular flexibility index (Phi) is 6.27. The number of amides is 1. The quantitative estimate of drug-likeness (QED) is 0.539. The van der Waals surface area contributed by atoms with Crippen LogP contribution in [0.3, 0.4) is 0 Å². The summed E-state index contributed by atoms with van der Waals surface area (Å²) in [7, 11) is 3.10. The molecule has 0 aliphatic heterocycles. The number of hydrogen-bond donors (Lipinski definition) is 0. The molecule has 3 aromatic rings. The molecular weight excluding hydrogens is 404 g/mol. The standard InChI is InChI=1S/C20H28N6O3S/c1-6-26-18-8-7-16(30(28,29)23(2)3)11-17(18)22-19(26)9-10-20(27)24(4)13-15-12-21-25(5)14-15/h7-8,11-12,14H,6,9-10,13H2,1-5H3. The number of rotatable bonds is 8. The molecule has 1 aromatic carbocycles. The number of carbonyl (C=O) groups excluding carboxylic acids is 1. The van der Waals surface area contributed by atoms with Gasteiger partial charge in [0.25, 0.3) is 0 Å². The van der Waals surface area contributed by atoms with Gasteiger partial charge >= 0.3 is 0 Å². The normalized spacial score (nSPS) is 12.1. The van der Waals surface area contributed by atoms with Crippen molar-refractivity contribution in [1.82, 2.24) is 28.5 Å². The first-order chi connectivity index (χ1) is 14.1. The van der Waals surface area contributed by atoms with E-state index in [1.54, 1.807) is 41.0 Å². The fraction of sp³-hybridized carbons (Fsp3) is 0.450. The Hall–Kier alpha value is -2.72. The first-order valence-corrected chi connectivity index (χ1v) is 11.2. The number of carbonyl (C=O) groups is 1. The minimum Gasteiger partial charge on any atom is -0.341 e. The summed E-state index contributed by atoms with van der Waals surface area (Å²) < 4.78 is 29.7. The lowest BCUT2D eigenvalue weighted by Crippen LogP contribution is -2.26. The lowest BCUT2D eigenvalue weighted by atomic mass is 10.2. The number of fused-ring (bicyclic) bond motifs is 1. The second kappa shape index (κ2) is 8.57. The second-order valence-electron chi connectivity index (χ2n) is 7.48. The minimum atomic E-state index is -3.53. The number of aromatic nitrogens is 4. The molecule has 0 unspecified atom stereocenters. The highest BCUT2D eigenvalue weighted by atomic mass is 32.2. The number of hydrogen-bond acceptors (Lipinski definition) is 5. The lowest BCUT2D eigenvalue weighted by Gasteiger charge is -2.16. The number of imidazole rings is 1. The number of benzene rings is 1. The molecule has 0 aliphatic carbocycles. The van der Waals surface area contributed by atoms with Gasteiger partial charge in [-0.2, -0.15) is 5.10 Å². The SMILES string of the molecule is CCn1c(CCC(=O)N(C)Cc2cnn(C)c2)nc2cc(S(=O)(=O)N(C)C)ccc21. The van der Waals surface area contributed by atoms with E-state index in [1.807, 2.05) is 24.7 Å². The molecule has 0 atom stereocenters.